The number of hydrogen-bond acceptors (Lipinski definition) is 2. The summed E-state index contributed by atoms with van der Waals surface area (Å²) in [5, 5.41) is 8.75. The van der Waals surface area contributed by atoms with Crippen molar-refractivity contribution in [1.29, 1.82) is 0 Å². The molecule has 0 radical (unpaired) electrons. The standard InChI is InChI=1S/C12H13BrFNO2/c1-2-6-15(8-11(16)17)7-9-4-3-5-10(14)12(9)13/h2-5H,1,6-8H2,(H,16,17). The number of carboxylic acid groups (broad SMARTS) is 1. The van der Waals surface area contributed by atoms with Crippen LogP contribution in [0.3, 0.4) is 0 Å². The fraction of sp³-hybridized carbons (Fsp3) is 0.250. The van der Waals surface area contributed by atoms with E-state index in [0.29, 0.717) is 23.1 Å². The van der Waals surface area contributed by atoms with Gasteiger partial charge in [-0.3, -0.25) is 9.69 Å². The number of carbonyl (C=O) groups is 1. The van der Waals surface area contributed by atoms with Gasteiger partial charge in [0.15, 0.2) is 0 Å². The van der Waals surface area contributed by atoms with Gasteiger partial charge in [0.25, 0.3) is 0 Å². The van der Waals surface area contributed by atoms with Crippen molar-refractivity contribution in [2.24, 2.45) is 0 Å². The summed E-state index contributed by atoms with van der Waals surface area (Å²) in [4.78, 5) is 12.3. The molecule has 0 heterocycles. The van der Waals surface area contributed by atoms with Crippen LogP contribution < -0.4 is 0 Å². The van der Waals surface area contributed by atoms with E-state index in [9.17, 15) is 9.18 Å². The summed E-state index contributed by atoms with van der Waals surface area (Å²) in [6.07, 6.45) is 1.62. The molecule has 0 unspecified atom stereocenters. The SMILES string of the molecule is C=CCN(CC(=O)O)Cc1cccc(F)c1Br. The lowest BCUT2D eigenvalue weighted by molar-refractivity contribution is -0.138. The zero-order valence-electron chi connectivity index (χ0n) is 9.20. The number of aliphatic carboxylic acids is 1. The maximum Gasteiger partial charge on any atom is 0.317 e. The van der Waals surface area contributed by atoms with E-state index in [-0.39, 0.29) is 12.4 Å². The van der Waals surface area contributed by atoms with Crippen LogP contribution in [0.1, 0.15) is 5.56 Å². The summed E-state index contributed by atoms with van der Waals surface area (Å²) in [6, 6.07) is 4.70. The van der Waals surface area contributed by atoms with Crippen LogP contribution >= 0.6 is 15.9 Å². The first kappa shape index (κ1) is 13.9. The third kappa shape index (κ3) is 4.28. The van der Waals surface area contributed by atoms with E-state index < -0.39 is 5.97 Å². The Morgan fingerprint density at radius 1 is 1.59 bits per heavy atom. The highest BCUT2D eigenvalue weighted by Crippen LogP contribution is 2.21. The van der Waals surface area contributed by atoms with Crippen molar-refractivity contribution in [1.82, 2.24) is 4.90 Å². The van der Waals surface area contributed by atoms with E-state index >= 15 is 0 Å². The van der Waals surface area contributed by atoms with Gasteiger partial charge in [0, 0.05) is 13.1 Å². The molecule has 5 heteroatoms. The van der Waals surface area contributed by atoms with Crippen molar-refractivity contribution in [3.8, 4) is 0 Å². The predicted octanol–water partition coefficient (Wildman–Crippen LogP) is 2.66. The summed E-state index contributed by atoms with van der Waals surface area (Å²) < 4.78 is 13.7. The predicted molar refractivity (Wildman–Crippen MR) is 67.2 cm³/mol. The first-order valence-electron chi connectivity index (χ1n) is 5.02. The molecule has 1 N–H and O–H groups in total. The first-order valence-corrected chi connectivity index (χ1v) is 5.81. The highest BCUT2D eigenvalue weighted by molar-refractivity contribution is 9.10. The molecule has 0 aromatic heterocycles. The van der Waals surface area contributed by atoms with Gasteiger partial charge in [0.2, 0.25) is 0 Å². The van der Waals surface area contributed by atoms with Crippen molar-refractivity contribution in [3.05, 3.63) is 46.7 Å². The zero-order chi connectivity index (χ0) is 12.8. The number of nitrogens with zero attached hydrogens (tertiary/aromatic N) is 1. The van der Waals surface area contributed by atoms with E-state index in [2.05, 4.69) is 22.5 Å². The number of halogens is 2. The van der Waals surface area contributed by atoms with Crippen molar-refractivity contribution >= 4 is 21.9 Å². The Kier molecular flexibility index (Phi) is 5.31. The van der Waals surface area contributed by atoms with Gasteiger partial charge in [-0.25, -0.2) is 4.39 Å². The van der Waals surface area contributed by atoms with Gasteiger partial charge in [0.05, 0.1) is 11.0 Å². The molecule has 0 aliphatic heterocycles. The van der Waals surface area contributed by atoms with Crippen molar-refractivity contribution in [3.63, 3.8) is 0 Å². The normalized spacial score (nSPS) is 10.5. The van der Waals surface area contributed by atoms with Crippen LogP contribution in [0.2, 0.25) is 0 Å². The van der Waals surface area contributed by atoms with Crippen LogP contribution in [-0.4, -0.2) is 29.1 Å². The minimum Gasteiger partial charge on any atom is -0.480 e. The van der Waals surface area contributed by atoms with Crippen molar-refractivity contribution in [2.45, 2.75) is 6.54 Å². The second kappa shape index (κ2) is 6.51. The van der Waals surface area contributed by atoms with Gasteiger partial charge >= 0.3 is 5.97 Å². The highest BCUT2D eigenvalue weighted by atomic mass is 79.9. The van der Waals surface area contributed by atoms with E-state index in [1.807, 2.05) is 0 Å². The molecule has 92 valence electrons. The van der Waals surface area contributed by atoms with Gasteiger partial charge in [-0.15, -0.1) is 6.58 Å². The third-order valence-electron chi connectivity index (χ3n) is 2.17. The fourth-order valence-electron chi connectivity index (χ4n) is 1.47. The monoisotopic (exact) mass is 301 g/mol. The van der Waals surface area contributed by atoms with Crippen LogP contribution in [0, 0.1) is 5.82 Å². The van der Waals surface area contributed by atoms with Crippen LogP contribution in [0.15, 0.2) is 35.3 Å². The molecule has 1 aromatic carbocycles. The van der Waals surface area contributed by atoms with Crippen molar-refractivity contribution in [2.75, 3.05) is 13.1 Å². The summed E-state index contributed by atoms with van der Waals surface area (Å²) in [7, 11) is 0. The summed E-state index contributed by atoms with van der Waals surface area (Å²) in [6.45, 7) is 4.26. The second-order valence-corrected chi connectivity index (χ2v) is 4.36. The molecule has 1 rings (SSSR count). The molecule has 3 nitrogen and oxygen atoms in total. The number of benzene rings is 1. The summed E-state index contributed by atoms with van der Waals surface area (Å²) in [5.74, 6) is -1.27. The smallest absolute Gasteiger partial charge is 0.317 e. The zero-order valence-corrected chi connectivity index (χ0v) is 10.8. The second-order valence-electron chi connectivity index (χ2n) is 3.56. The Labute approximate surface area is 108 Å². The van der Waals surface area contributed by atoms with Gasteiger partial charge in [-0.05, 0) is 27.6 Å². The average molecular weight is 302 g/mol. The maximum atomic E-state index is 13.3. The first-order chi connectivity index (χ1) is 8.04. The molecule has 0 saturated carbocycles. The third-order valence-corrected chi connectivity index (χ3v) is 3.06. The number of rotatable bonds is 6. The lowest BCUT2D eigenvalue weighted by Gasteiger charge is -2.19. The van der Waals surface area contributed by atoms with Crippen molar-refractivity contribution < 1.29 is 14.3 Å². The molecule has 1 aromatic rings. The summed E-state index contributed by atoms with van der Waals surface area (Å²) >= 11 is 3.15. The fourth-order valence-corrected chi connectivity index (χ4v) is 1.86. The van der Waals surface area contributed by atoms with E-state index in [0.717, 1.165) is 0 Å². The molecule has 0 saturated heterocycles. The average Bonchev–Trinajstić information content (AvgIpc) is 2.24. The molecular weight excluding hydrogens is 289 g/mol. The lowest BCUT2D eigenvalue weighted by atomic mass is 10.2. The molecule has 0 fully saturated rings. The Bertz CT molecular complexity index is 423. The Hall–Kier alpha value is -1.20. The summed E-state index contributed by atoms with van der Waals surface area (Å²) in [5.41, 5.74) is 0.716. The van der Waals surface area contributed by atoms with E-state index in [1.165, 1.54) is 6.07 Å². The van der Waals surface area contributed by atoms with Crippen LogP contribution in [-0.2, 0) is 11.3 Å². The largest absolute Gasteiger partial charge is 0.480 e. The molecule has 0 bridgehead atoms. The molecular formula is C12H13BrFNO2. The Morgan fingerprint density at radius 2 is 2.29 bits per heavy atom. The van der Waals surface area contributed by atoms with E-state index in [4.69, 9.17) is 5.11 Å². The quantitative estimate of drug-likeness (QED) is 0.821. The lowest BCUT2D eigenvalue weighted by Crippen LogP contribution is -2.29. The van der Waals surface area contributed by atoms with Gasteiger partial charge in [0.1, 0.15) is 5.82 Å². The molecule has 0 atom stereocenters. The molecule has 0 aliphatic carbocycles. The minimum atomic E-state index is -0.917. The molecule has 0 spiro atoms. The van der Waals surface area contributed by atoms with Gasteiger partial charge in [-0.1, -0.05) is 18.2 Å². The maximum absolute atomic E-state index is 13.3. The van der Waals surface area contributed by atoms with Crippen LogP contribution in [0.25, 0.3) is 0 Å². The Morgan fingerprint density at radius 3 is 2.88 bits per heavy atom. The molecule has 0 aliphatic rings. The number of hydrogen-bond donors (Lipinski definition) is 1. The van der Waals surface area contributed by atoms with Crippen LogP contribution in [0.4, 0.5) is 4.39 Å². The van der Waals surface area contributed by atoms with Gasteiger partial charge in [-0.2, -0.15) is 0 Å². The Balaban J connectivity index is 2.81. The topological polar surface area (TPSA) is 40.5 Å². The molecule has 17 heavy (non-hydrogen) atoms. The number of carboxylic acids is 1. The van der Waals surface area contributed by atoms with Crippen LogP contribution in [0.5, 0.6) is 0 Å². The van der Waals surface area contributed by atoms with Gasteiger partial charge < -0.3 is 5.11 Å². The molecule has 0 amide bonds. The highest BCUT2D eigenvalue weighted by Gasteiger charge is 2.12. The minimum absolute atomic E-state index is 0.102. The van der Waals surface area contributed by atoms with E-state index in [1.54, 1.807) is 23.1 Å².